The largest absolute Gasteiger partial charge is 0.384 e. The van der Waals surface area contributed by atoms with Crippen molar-refractivity contribution in [2.24, 2.45) is 5.92 Å². The highest BCUT2D eigenvalue weighted by molar-refractivity contribution is 7.27. The summed E-state index contributed by atoms with van der Waals surface area (Å²) in [6.45, 7) is 2.10. The van der Waals surface area contributed by atoms with Crippen LogP contribution in [0.15, 0.2) is 17.5 Å². The summed E-state index contributed by atoms with van der Waals surface area (Å²) in [6, 6.07) is 4.28. The first-order valence-electron chi connectivity index (χ1n) is 4.40. The van der Waals surface area contributed by atoms with Gasteiger partial charge in [0.05, 0.1) is 0 Å². The summed E-state index contributed by atoms with van der Waals surface area (Å²) < 4.78 is 2.63. The van der Waals surface area contributed by atoms with Crippen molar-refractivity contribution in [3.05, 3.63) is 22.4 Å². The van der Waals surface area contributed by atoms with Crippen molar-refractivity contribution in [1.82, 2.24) is 0 Å². The standard InChI is InChI=1S/C10H10OS2/c1-6-5-10(6,11)9-4-8-7(13-9)2-3-12-8/h2-4,6,11H,5H2,1H3. The van der Waals surface area contributed by atoms with E-state index in [1.54, 1.807) is 22.7 Å². The van der Waals surface area contributed by atoms with E-state index in [0.29, 0.717) is 5.92 Å². The van der Waals surface area contributed by atoms with Gasteiger partial charge in [-0.15, -0.1) is 22.7 Å². The van der Waals surface area contributed by atoms with E-state index >= 15 is 0 Å². The van der Waals surface area contributed by atoms with Gasteiger partial charge in [-0.3, -0.25) is 0 Å². The number of hydrogen-bond acceptors (Lipinski definition) is 3. The Kier molecular flexibility index (Phi) is 1.44. The van der Waals surface area contributed by atoms with Gasteiger partial charge in [0.2, 0.25) is 0 Å². The van der Waals surface area contributed by atoms with Crippen molar-refractivity contribution in [1.29, 1.82) is 0 Å². The molecule has 2 aromatic heterocycles. The molecule has 1 saturated carbocycles. The van der Waals surface area contributed by atoms with Crippen LogP contribution in [0.25, 0.3) is 9.40 Å². The second kappa shape index (κ2) is 2.35. The maximum Gasteiger partial charge on any atom is 0.102 e. The van der Waals surface area contributed by atoms with E-state index in [4.69, 9.17) is 0 Å². The van der Waals surface area contributed by atoms with Crippen molar-refractivity contribution >= 4 is 32.1 Å². The fourth-order valence-corrected chi connectivity index (χ4v) is 4.05. The zero-order valence-corrected chi connectivity index (χ0v) is 8.91. The summed E-state index contributed by atoms with van der Waals surface area (Å²) in [5.41, 5.74) is -0.483. The first-order chi connectivity index (χ1) is 6.20. The first-order valence-corrected chi connectivity index (χ1v) is 6.10. The van der Waals surface area contributed by atoms with Crippen molar-refractivity contribution in [2.45, 2.75) is 18.9 Å². The molecule has 0 amide bonds. The molecule has 1 nitrogen and oxygen atoms in total. The summed E-state index contributed by atoms with van der Waals surface area (Å²) in [4.78, 5) is 1.15. The van der Waals surface area contributed by atoms with E-state index in [1.807, 2.05) is 0 Å². The van der Waals surface area contributed by atoms with E-state index < -0.39 is 5.60 Å². The minimum atomic E-state index is -0.483. The Morgan fingerprint density at radius 1 is 1.54 bits per heavy atom. The predicted octanol–water partition coefficient (Wildman–Crippen LogP) is 3.19. The summed E-state index contributed by atoms with van der Waals surface area (Å²) in [5.74, 6) is 0.445. The maximum atomic E-state index is 10.1. The molecule has 0 bridgehead atoms. The summed E-state index contributed by atoms with van der Waals surface area (Å²) >= 11 is 3.49. The van der Waals surface area contributed by atoms with Gasteiger partial charge in [-0.2, -0.15) is 0 Å². The van der Waals surface area contributed by atoms with Gasteiger partial charge in [0.1, 0.15) is 5.60 Å². The van der Waals surface area contributed by atoms with Crippen LogP contribution in [0.1, 0.15) is 18.2 Å². The molecule has 1 N–H and O–H groups in total. The molecule has 68 valence electrons. The fourth-order valence-electron chi connectivity index (χ4n) is 1.73. The predicted molar refractivity (Wildman–Crippen MR) is 57.4 cm³/mol. The van der Waals surface area contributed by atoms with Gasteiger partial charge in [0.15, 0.2) is 0 Å². The minimum absolute atomic E-state index is 0.445. The molecular formula is C10H10OS2. The fraction of sp³-hybridized carbons (Fsp3) is 0.400. The quantitative estimate of drug-likeness (QED) is 0.766. The average molecular weight is 210 g/mol. The van der Waals surface area contributed by atoms with E-state index in [9.17, 15) is 5.11 Å². The molecule has 0 spiro atoms. The monoisotopic (exact) mass is 210 g/mol. The van der Waals surface area contributed by atoms with Gasteiger partial charge in [0.25, 0.3) is 0 Å². The number of hydrogen-bond donors (Lipinski definition) is 1. The van der Waals surface area contributed by atoms with Crippen LogP contribution in [-0.2, 0) is 5.60 Å². The second-order valence-electron chi connectivity index (χ2n) is 3.79. The van der Waals surface area contributed by atoms with Crippen LogP contribution in [0.2, 0.25) is 0 Å². The lowest BCUT2D eigenvalue weighted by Crippen LogP contribution is -2.03. The van der Waals surface area contributed by atoms with Crippen molar-refractivity contribution in [2.75, 3.05) is 0 Å². The molecular weight excluding hydrogens is 200 g/mol. The molecule has 2 unspecified atom stereocenters. The zero-order chi connectivity index (χ0) is 9.05. The Morgan fingerprint density at radius 3 is 2.92 bits per heavy atom. The molecule has 3 rings (SSSR count). The van der Waals surface area contributed by atoms with Gasteiger partial charge in [-0.05, 0) is 29.9 Å². The molecule has 13 heavy (non-hydrogen) atoms. The van der Waals surface area contributed by atoms with Gasteiger partial charge < -0.3 is 5.11 Å². The lowest BCUT2D eigenvalue weighted by atomic mass is 10.2. The SMILES string of the molecule is CC1CC1(O)c1cc2sccc2s1. The molecule has 0 aromatic carbocycles. The van der Waals surface area contributed by atoms with Crippen molar-refractivity contribution in [3.8, 4) is 0 Å². The highest BCUT2D eigenvalue weighted by Gasteiger charge is 2.52. The van der Waals surface area contributed by atoms with E-state index in [2.05, 4.69) is 24.4 Å². The van der Waals surface area contributed by atoms with Gasteiger partial charge >= 0.3 is 0 Å². The van der Waals surface area contributed by atoms with E-state index in [-0.39, 0.29) is 0 Å². The van der Waals surface area contributed by atoms with Crippen molar-refractivity contribution in [3.63, 3.8) is 0 Å². The van der Waals surface area contributed by atoms with Crippen LogP contribution in [0.5, 0.6) is 0 Å². The molecule has 1 aliphatic carbocycles. The van der Waals surface area contributed by atoms with Gasteiger partial charge in [0, 0.05) is 14.3 Å². The Bertz CT molecular complexity index is 428. The Morgan fingerprint density at radius 2 is 2.31 bits per heavy atom. The molecule has 0 aliphatic heterocycles. The number of rotatable bonds is 1. The van der Waals surface area contributed by atoms with E-state index in [1.165, 1.54) is 9.40 Å². The average Bonchev–Trinajstić information content (AvgIpc) is 2.53. The molecule has 0 saturated heterocycles. The number of thiophene rings is 2. The molecule has 1 aliphatic rings. The number of aliphatic hydroxyl groups is 1. The topological polar surface area (TPSA) is 20.2 Å². The Labute approximate surface area is 84.6 Å². The molecule has 0 radical (unpaired) electrons. The van der Waals surface area contributed by atoms with Crippen LogP contribution in [0.4, 0.5) is 0 Å². The third kappa shape index (κ3) is 1.01. The smallest absolute Gasteiger partial charge is 0.102 e. The summed E-state index contributed by atoms with van der Waals surface area (Å²) in [7, 11) is 0. The molecule has 1 fully saturated rings. The Balaban J connectivity index is 2.14. The highest BCUT2D eigenvalue weighted by atomic mass is 32.1. The third-order valence-corrected chi connectivity index (χ3v) is 5.10. The Hall–Kier alpha value is -0.380. The lowest BCUT2D eigenvalue weighted by molar-refractivity contribution is 0.139. The molecule has 2 atom stereocenters. The molecule has 3 heteroatoms. The highest BCUT2D eigenvalue weighted by Crippen LogP contribution is 2.54. The summed E-state index contributed by atoms with van der Waals surface area (Å²) in [6.07, 6.45) is 0.931. The molecule has 2 aromatic rings. The number of fused-ring (bicyclic) bond motifs is 1. The first kappa shape index (κ1) is 7.97. The molecule has 2 heterocycles. The van der Waals surface area contributed by atoms with Crippen LogP contribution >= 0.6 is 22.7 Å². The normalized spacial score (nSPS) is 32.6. The third-order valence-electron chi connectivity index (χ3n) is 2.84. The van der Waals surface area contributed by atoms with Crippen LogP contribution in [0.3, 0.4) is 0 Å². The van der Waals surface area contributed by atoms with Crippen LogP contribution in [0, 0.1) is 5.92 Å². The minimum Gasteiger partial charge on any atom is -0.384 e. The van der Waals surface area contributed by atoms with Gasteiger partial charge in [-0.25, -0.2) is 0 Å². The van der Waals surface area contributed by atoms with Crippen LogP contribution < -0.4 is 0 Å². The lowest BCUT2D eigenvalue weighted by Gasteiger charge is -2.03. The maximum absolute atomic E-state index is 10.1. The van der Waals surface area contributed by atoms with Crippen molar-refractivity contribution < 1.29 is 5.11 Å². The summed E-state index contributed by atoms with van der Waals surface area (Å²) in [5, 5.41) is 12.2. The van der Waals surface area contributed by atoms with Crippen LogP contribution in [-0.4, -0.2) is 5.11 Å². The van der Waals surface area contributed by atoms with Gasteiger partial charge in [-0.1, -0.05) is 6.92 Å². The zero-order valence-electron chi connectivity index (χ0n) is 7.28. The second-order valence-corrected chi connectivity index (χ2v) is 5.82. The van der Waals surface area contributed by atoms with E-state index in [0.717, 1.165) is 11.3 Å².